The van der Waals surface area contributed by atoms with Crippen LogP contribution in [-0.4, -0.2) is 15.9 Å². The Balaban J connectivity index is 2.41. The summed E-state index contributed by atoms with van der Waals surface area (Å²) in [5, 5.41) is 0.960. The summed E-state index contributed by atoms with van der Waals surface area (Å²) < 4.78 is 0. The van der Waals surface area contributed by atoms with Crippen molar-refractivity contribution < 1.29 is 4.79 Å². The molecule has 0 bridgehead atoms. The lowest BCUT2D eigenvalue weighted by atomic mass is 10.2. The Bertz CT molecular complexity index is 611. The molecule has 7 heteroatoms. The number of carbonyl (C=O) groups is 1. The molecule has 18 heavy (non-hydrogen) atoms. The minimum Gasteiger partial charge on any atom is -0.396 e. The highest BCUT2D eigenvalue weighted by Gasteiger charge is 2.12. The lowest BCUT2D eigenvalue weighted by Gasteiger charge is -2.01. The van der Waals surface area contributed by atoms with Crippen molar-refractivity contribution in [2.24, 2.45) is 5.73 Å². The van der Waals surface area contributed by atoms with E-state index in [4.69, 9.17) is 23.1 Å². The van der Waals surface area contributed by atoms with Crippen LogP contribution in [0.4, 0.5) is 5.69 Å². The predicted molar refractivity (Wildman–Crippen MR) is 72.4 cm³/mol. The van der Waals surface area contributed by atoms with Gasteiger partial charge in [-0.3, -0.25) is 4.79 Å². The van der Waals surface area contributed by atoms with Crippen LogP contribution in [0.1, 0.15) is 10.7 Å². The van der Waals surface area contributed by atoms with E-state index in [1.165, 1.54) is 11.3 Å². The van der Waals surface area contributed by atoms with Gasteiger partial charge in [0.1, 0.15) is 5.01 Å². The van der Waals surface area contributed by atoms with Crippen molar-refractivity contribution in [1.29, 1.82) is 0 Å². The van der Waals surface area contributed by atoms with Crippen LogP contribution in [0.5, 0.6) is 0 Å². The van der Waals surface area contributed by atoms with E-state index in [2.05, 4.69) is 9.97 Å². The third-order valence-corrected chi connectivity index (χ3v) is 3.82. The number of anilines is 1. The second kappa shape index (κ2) is 4.91. The zero-order valence-electron chi connectivity index (χ0n) is 9.61. The van der Waals surface area contributed by atoms with Crippen LogP contribution in [0, 0.1) is 6.92 Å². The molecule has 0 aliphatic heterocycles. The fourth-order valence-corrected chi connectivity index (χ4v) is 2.69. The van der Waals surface area contributed by atoms with Crippen LogP contribution >= 0.6 is 22.9 Å². The van der Waals surface area contributed by atoms with Gasteiger partial charge in [0.15, 0.2) is 5.15 Å². The Kier molecular flexibility index (Phi) is 3.49. The van der Waals surface area contributed by atoms with Crippen LogP contribution < -0.4 is 11.5 Å². The van der Waals surface area contributed by atoms with Gasteiger partial charge in [-0.15, -0.1) is 11.3 Å². The molecule has 0 spiro atoms. The van der Waals surface area contributed by atoms with Crippen LogP contribution in [0.3, 0.4) is 0 Å². The standard InChI is InChI=1S/C11H11ClN4OS/c1-5-10(18-9(16-5)3-8(14)17)6-2-7(13)11(12)15-4-6/h2,4H,3,13H2,1H3,(H2,14,17). The van der Waals surface area contributed by atoms with Crippen molar-refractivity contribution in [3.63, 3.8) is 0 Å². The normalized spacial score (nSPS) is 10.6. The van der Waals surface area contributed by atoms with E-state index in [1.54, 1.807) is 12.3 Å². The Morgan fingerprint density at radius 1 is 1.56 bits per heavy atom. The summed E-state index contributed by atoms with van der Waals surface area (Å²) in [5.74, 6) is -0.399. The molecule has 0 aliphatic rings. The van der Waals surface area contributed by atoms with E-state index in [0.29, 0.717) is 10.7 Å². The molecular weight excluding hydrogens is 272 g/mol. The molecule has 0 atom stereocenters. The minimum absolute atomic E-state index is 0.141. The summed E-state index contributed by atoms with van der Waals surface area (Å²) in [4.78, 5) is 20.1. The number of carbonyl (C=O) groups excluding carboxylic acids is 1. The number of pyridine rings is 1. The minimum atomic E-state index is -0.399. The number of aromatic nitrogens is 2. The molecule has 2 heterocycles. The fourth-order valence-electron chi connectivity index (χ4n) is 1.53. The first-order valence-corrected chi connectivity index (χ1v) is 6.33. The van der Waals surface area contributed by atoms with Gasteiger partial charge in [-0.05, 0) is 13.0 Å². The molecule has 1 amide bonds. The molecule has 5 nitrogen and oxygen atoms in total. The average Bonchev–Trinajstić information content (AvgIpc) is 2.62. The van der Waals surface area contributed by atoms with Crippen LogP contribution in [0.25, 0.3) is 10.4 Å². The largest absolute Gasteiger partial charge is 0.396 e. The van der Waals surface area contributed by atoms with E-state index in [0.717, 1.165) is 16.1 Å². The number of primary amides is 1. The average molecular weight is 283 g/mol. The molecule has 4 N–H and O–H groups in total. The number of thiazole rings is 1. The second-order valence-corrected chi connectivity index (χ2v) is 5.21. The first-order valence-electron chi connectivity index (χ1n) is 5.13. The first kappa shape index (κ1) is 12.8. The number of hydrogen-bond donors (Lipinski definition) is 2. The van der Waals surface area contributed by atoms with Crippen molar-refractivity contribution in [3.8, 4) is 10.4 Å². The predicted octanol–water partition coefficient (Wildman–Crippen LogP) is 1.78. The highest BCUT2D eigenvalue weighted by Crippen LogP contribution is 2.32. The molecular formula is C11H11ClN4OS. The third-order valence-electron chi connectivity index (χ3n) is 2.29. The van der Waals surface area contributed by atoms with Crippen molar-refractivity contribution in [3.05, 3.63) is 28.1 Å². The van der Waals surface area contributed by atoms with Gasteiger partial charge in [0.25, 0.3) is 0 Å². The molecule has 0 saturated carbocycles. The Labute approximate surface area is 113 Å². The van der Waals surface area contributed by atoms with Gasteiger partial charge < -0.3 is 11.5 Å². The van der Waals surface area contributed by atoms with Crippen molar-refractivity contribution in [1.82, 2.24) is 9.97 Å². The Morgan fingerprint density at radius 2 is 2.28 bits per heavy atom. The topological polar surface area (TPSA) is 94.9 Å². The molecule has 0 unspecified atom stereocenters. The van der Waals surface area contributed by atoms with Crippen LogP contribution in [-0.2, 0) is 11.2 Å². The monoisotopic (exact) mass is 282 g/mol. The summed E-state index contributed by atoms with van der Waals surface area (Å²) in [7, 11) is 0. The van der Waals surface area contributed by atoms with E-state index in [-0.39, 0.29) is 11.6 Å². The quantitative estimate of drug-likeness (QED) is 0.839. The fraction of sp³-hybridized carbons (Fsp3) is 0.182. The molecule has 2 aromatic rings. The number of halogens is 1. The summed E-state index contributed by atoms with van der Waals surface area (Å²) in [6, 6.07) is 1.74. The van der Waals surface area contributed by atoms with Crippen molar-refractivity contribution in [2.75, 3.05) is 5.73 Å². The lowest BCUT2D eigenvalue weighted by molar-refractivity contribution is -0.117. The Morgan fingerprint density at radius 3 is 2.89 bits per heavy atom. The zero-order valence-corrected chi connectivity index (χ0v) is 11.2. The zero-order chi connectivity index (χ0) is 13.3. The SMILES string of the molecule is Cc1nc(CC(N)=O)sc1-c1cnc(Cl)c(N)c1. The van der Waals surface area contributed by atoms with E-state index >= 15 is 0 Å². The van der Waals surface area contributed by atoms with Gasteiger partial charge in [-0.2, -0.15) is 0 Å². The van der Waals surface area contributed by atoms with Gasteiger partial charge in [0.2, 0.25) is 5.91 Å². The van der Waals surface area contributed by atoms with Gasteiger partial charge in [-0.25, -0.2) is 9.97 Å². The van der Waals surface area contributed by atoms with Gasteiger partial charge >= 0.3 is 0 Å². The molecule has 0 aliphatic carbocycles. The highest BCUT2D eigenvalue weighted by molar-refractivity contribution is 7.15. The number of amides is 1. The maximum atomic E-state index is 10.9. The van der Waals surface area contributed by atoms with Crippen LogP contribution in [0.2, 0.25) is 5.15 Å². The highest BCUT2D eigenvalue weighted by atomic mass is 35.5. The van der Waals surface area contributed by atoms with Gasteiger partial charge in [0.05, 0.1) is 22.7 Å². The van der Waals surface area contributed by atoms with Crippen molar-refractivity contribution in [2.45, 2.75) is 13.3 Å². The number of nitrogens with two attached hydrogens (primary N) is 2. The van der Waals surface area contributed by atoms with E-state index in [9.17, 15) is 4.79 Å². The van der Waals surface area contributed by atoms with Crippen molar-refractivity contribution >= 4 is 34.5 Å². The first-order chi connectivity index (χ1) is 8.47. The van der Waals surface area contributed by atoms with Crippen LogP contribution in [0.15, 0.2) is 12.3 Å². The molecule has 0 aromatic carbocycles. The van der Waals surface area contributed by atoms with Gasteiger partial charge in [0, 0.05) is 11.8 Å². The second-order valence-electron chi connectivity index (χ2n) is 3.77. The van der Waals surface area contributed by atoms with Gasteiger partial charge in [-0.1, -0.05) is 11.6 Å². The summed E-state index contributed by atoms with van der Waals surface area (Å²) in [6.07, 6.45) is 1.77. The van der Waals surface area contributed by atoms with E-state index < -0.39 is 5.91 Å². The molecule has 2 aromatic heterocycles. The maximum Gasteiger partial charge on any atom is 0.224 e. The maximum absolute atomic E-state index is 10.9. The number of nitrogen functional groups attached to an aromatic ring is 1. The number of aryl methyl sites for hydroxylation is 1. The molecule has 2 rings (SSSR count). The third kappa shape index (κ3) is 2.60. The smallest absolute Gasteiger partial charge is 0.224 e. The summed E-state index contributed by atoms with van der Waals surface area (Å²) in [5.41, 5.74) is 12.9. The molecule has 0 fully saturated rings. The summed E-state index contributed by atoms with van der Waals surface area (Å²) in [6.45, 7) is 1.86. The summed E-state index contributed by atoms with van der Waals surface area (Å²) >= 11 is 7.18. The number of nitrogens with zero attached hydrogens (tertiary/aromatic N) is 2. The van der Waals surface area contributed by atoms with E-state index in [1.807, 2.05) is 6.92 Å². The number of hydrogen-bond acceptors (Lipinski definition) is 5. The molecule has 0 saturated heterocycles. The number of rotatable bonds is 3. The Hall–Kier alpha value is -1.66. The molecule has 0 radical (unpaired) electrons. The molecule has 94 valence electrons. The lowest BCUT2D eigenvalue weighted by Crippen LogP contribution is -2.13.